The number of ether oxygens (including phenoxy) is 1. The Labute approximate surface area is 80.0 Å². The summed E-state index contributed by atoms with van der Waals surface area (Å²) in [6.07, 6.45) is 1.26. The van der Waals surface area contributed by atoms with Gasteiger partial charge in [0, 0.05) is 0 Å². The van der Waals surface area contributed by atoms with Gasteiger partial charge in [0.2, 0.25) is 0 Å². The first-order valence-corrected chi connectivity index (χ1v) is 3.65. The summed E-state index contributed by atoms with van der Waals surface area (Å²) in [5.74, 6) is -0.497. The van der Waals surface area contributed by atoms with Crippen LogP contribution in [-0.4, -0.2) is 22.6 Å². The molecule has 0 aliphatic heterocycles. The molecule has 0 aliphatic carbocycles. The Balaban J connectivity index is 3.01. The number of carbonyl (C=O) groups is 1. The molecule has 6 nitrogen and oxygen atoms in total. The third-order valence-electron chi connectivity index (χ3n) is 1.58. The third kappa shape index (κ3) is 1.70. The van der Waals surface area contributed by atoms with Gasteiger partial charge in [0.25, 0.3) is 0 Å². The molecule has 0 radical (unpaired) electrons. The number of rotatable bonds is 2. The number of carbonyl (C=O) groups excluding carboxylic acids is 1. The Morgan fingerprint density at radius 1 is 1.64 bits per heavy atom. The number of nitriles is 2. The van der Waals surface area contributed by atoms with Crippen LogP contribution in [0.3, 0.4) is 0 Å². The SMILES string of the molecule is COC(=O)Cn1cnc(C#N)c1C#N. The summed E-state index contributed by atoms with van der Waals surface area (Å²) in [5, 5.41) is 17.3. The summed E-state index contributed by atoms with van der Waals surface area (Å²) in [6.45, 7) is -0.117. The molecule has 14 heavy (non-hydrogen) atoms. The zero-order valence-corrected chi connectivity index (χ0v) is 7.39. The first-order chi connectivity index (χ1) is 6.72. The van der Waals surface area contributed by atoms with Crippen LogP contribution in [0.15, 0.2) is 6.33 Å². The molecular formula is C8H6N4O2. The summed E-state index contributed by atoms with van der Waals surface area (Å²) >= 11 is 0. The van der Waals surface area contributed by atoms with E-state index in [4.69, 9.17) is 10.5 Å². The van der Waals surface area contributed by atoms with E-state index in [9.17, 15) is 4.79 Å². The van der Waals surface area contributed by atoms with Crippen molar-refractivity contribution in [3.8, 4) is 12.1 Å². The van der Waals surface area contributed by atoms with E-state index in [2.05, 4.69) is 9.72 Å². The van der Waals surface area contributed by atoms with Crippen LogP contribution in [0.5, 0.6) is 0 Å². The largest absolute Gasteiger partial charge is 0.468 e. The van der Waals surface area contributed by atoms with E-state index < -0.39 is 5.97 Å². The minimum atomic E-state index is -0.497. The lowest BCUT2D eigenvalue weighted by Gasteiger charge is -2.00. The fourth-order valence-electron chi connectivity index (χ4n) is 0.905. The van der Waals surface area contributed by atoms with E-state index in [0.717, 1.165) is 0 Å². The second kappa shape index (κ2) is 4.06. The van der Waals surface area contributed by atoms with Crippen LogP contribution in [0.4, 0.5) is 0 Å². The zero-order valence-electron chi connectivity index (χ0n) is 7.39. The van der Waals surface area contributed by atoms with Gasteiger partial charge in [-0.15, -0.1) is 0 Å². The fourth-order valence-corrected chi connectivity index (χ4v) is 0.905. The Morgan fingerprint density at radius 3 is 2.86 bits per heavy atom. The van der Waals surface area contributed by atoms with Gasteiger partial charge >= 0.3 is 5.97 Å². The van der Waals surface area contributed by atoms with Gasteiger partial charge in [-0.05, 0) is 0 Å². The molecule has 1 aromatic heterocycles. The van der Waals surface area contributed by atoms with Crippen molar-refractivity contribution in [1.29, 1.82) is 10.5 Å². The van der Waals surface area contributed by atoms with Gasteiger partial charge in [-0.1, -0.05) is 0 Å². The lowest BCUT2D eigenvalue weighted by Crippen LogP contribution is -2.12. The molecule has 0 atom stereocenters. The number of nitrogens with zero attached hydrogens (tertiary/aromatic N) is 4. The average Bonchev–Trinajstić information content (AvgIpc) is 2.59. The van der Waals surface area contributed by atoms with E-state index in [-0.39, 0.29) is 17.9 Å². The molecule has 6 heteroatoms. The molecule has 0 unspecified atom stereocenters. The summed E-state index contributed by atoms with van der Waals surface area (Å²) in [4.78, 5) is 14.5. The Bertz CT molecular complexity index is 435. The molecule has 1 rings (SSSR count). The molecule has 0 amide bonds. The maximum atomic E-state index is 10.9. The normalized spacial score (nSPS) is 8.79. The second-order valence-corrected chi connectivity index (χ2v) is 2.37. The number of hydrogen-bond donors (Lipinski definition) is 0. The van der Waals surface area contributed by atoms with E-state index >= 15 is 0 Å². The van der Waals surface area contributed by atoms with Crippen LogP contribution >= 0.6 is 0 Å². The van der Waals surface area contributed by atoms with Crippen molar-refractivity contribution >= 4 is 5.97 Å². The molecule has 0 aromatic carbocycles. The molecule has 1 aromatic rings. The molecule has 0 bridgehead atoms. The van der Waals surface area contributed by atoms with Crippen molar-refractivity contribution in [2.45, 2.75) is 6.54 Å². The Kier molecular flexibility index (Phi) is 2.82. The van der Waals surface area contributed by atoms with Crippen molar-refractivity contribution in [2.75, 3.05) is 7.11 Å². The first-order valence-electron chi connectivity index (χ1n) is 3.65. The summed E-state index contributed by atoms with van der Waals surface area (Å²) in [5.41, 5.74) is 0.0781. The van der Waals surface area contributed by atoms with E-state index in [1.165, 1.54) is 18.0 Å². The van der Waals surface area contributed by atoms with Gasteiger partial charge in [-0.3, -0.25) is 4.79 Å². The summed E-state index contributed by atoms with van der Waals surface area (Å²) in [6, 6.07) is 3.55. The smallest absolute Gasteiger partial charge is 0.325 e. The molecule has 1 heterocycles. The fraction of sp³-hybridized carbons (Fsp3) is 0.250. The quantitative estimate of drug-likeness (QED) is 0.602. The van der Waals surface area contributed by atoms with Gasteiger partial charge in [0.05, 0.1) is 13.4 Å². The first kappa shape index (κ1) is 9.75. The maximum Gasteiger partial charge on any atom is 0.325 e. The van der Waals surface area contributed by atoms with Crippen LogP contribution < -0.4 is 0 Å². The van der Waals surface area contributed by atoms with E-state index in [1.807, 2.05) is 0 Å². The highest BCUT2D eigenvalue weighted by molar-refractivity contribution is 5.69. The monoisotopic (exact) mass is 190 g/mol. The van der Waals surface area contributed by atoms with Crippen LogP contribution in [0, 0.1) is 22.7 Å². The van der Waals surface area contributed by atoms with Crippen molar-refractivity contribution < 1.29 is 9.53 Å². The van der Waals surface area contributed by atoms with Crippen molar-refractivity contribution in [3.05, 3.63) is 17.7 Å². The molecule has 0 saturated carbocycles. The number of aromatic nitrogens is 2. The molecule has 70 valence electrons. The van der Waals surface area contributed by atoms with Crippen molar-refractivity contribution in [1.82, 2.24) is 9.55 Å². The molecule has 0 saturated heterocycles. The highest BCUT2D eigenvalue weighted by Crippen LogP contribution is 2.04. The Hall–Kier alpha value is -2.34. The minimum absolute atomic E-state index is 0.0106. The lowest BCUT2D eigenvalue weighted by atomic mass is 10.3. The summed E-state index contributed by atoms with van der Waals surface area (Å²) < 4.78 is 5.68. The Morgan fingerprint density at radius 2 is 2.36 bits per heavy atom. The number of esters is 1. The average molecular weight is 190 g/mol. The van der Waals surface area contributed by atoms with Gasteiger partial charge in [-0.25, -0.2) is 4.98 Å². The van der Waals surface area contributed by atoms with Crippen LogP contribution in [0.2, 0.25) is 0 Å². The van der Waals surface area contributed by atoms with E-state index in [1.54, 1.807) is 12.1 Å². The van der Waals surface area contributed by atoms with Gasteiger partial charge in [0.1, 0.15) is 18.7 Å². The molecular weight excluding hydrogens is 184 g/mol. The second-order valence-electron chi connectivity index (χ2n) is 2.37. The molecule has 0 spiro atoms. The highest BCUT2D eigenvalue weighted by Gasteiger charge is 2.12. The molecule has 0 N–H and O–H groups in total. The van der Waals surface area contributed by atoms with Gasteiger partial charge < -0.3 is 9.30 Å². The number of hydrogen-bond acceptors (Lipinski definition) is 5. The highest BCUT2D eigenvalue weighted by atomic mass is 16.5. The van der Waals surface area contributed by atoms with E-state index in [0.29, 0.717) is 0 Å². The topological polar surface area (TPSA) is 91.7 Å². The van der Waals surface area contributed by atoms with Crippen LogP contribution in [0.1, 0.15) is 11.4 Å². The van der Waals surface area contributed by atoms with Crippen molar-refractivity contribution in [2.24, 2.45) is 0 Å². The van der Waals surface area contributed by atoms with Crippen LogP contribution in [0.25, 0.3) is 0 Å². The minimum Gasteiger partial charge on any atom is -0.468 e. The third-order valence-corrected chi connectivity index (χ3v) is 1.58. The van der Waals surface area contributed by atoms with Crippen molar-refractivity contribution in [3.63, 3.8) is 0 Å². The summed E-state index contributed by atoms with van der Waals surface area (Å²) in [7, 11) is 1.25. The van der Waals surface area contributed by atoms with Crippen LogP contribution in [-0.2, 0) is 16.1 Å². The molecule has 0 aliphatic rings. The molecule has 0 fully saturated rings. The standard InChI is InChI=1S/C8H6N4O2/c1-14-8(13)4-12-5-11-6(2-9)7(12)3-10/h5H,4H2,1H3. The predicted octanol–water partition coefficient (Wildman–Crippen LogP) is -0.201. The number of methoxy groups -OCH3 is 1. The number of imidazole rings is 1. The maximum absolute atomic E-state index is 10.9. The zero-order chi connectivity index (χ0) is 10.6. The van der Waals surface area contributed by atoms with Gasteiger partial charge in [-0.2, -0.15) is 10.5 Å². The van der Waals surface area contributed by atoms with Gasteiger partial charge in [0.15, 0.2) is 11.4 Å². The predicted molar refractivity (Wildman–Crippen MR) is 43.7 cm³/mol. The lowest BCUT2D eigenvalue weighted by molar-refractivity contribution is -0.141.